The van der Waals surface area contributed by atoms with Crippen molar-refractivity contribution in [3.8, 4) is 0 Å². The Morgan fingerprint density at radius 3 is 2.85 bits per heavy atom. The summed E-state index contributed by atoms with van der Waals surface area (Å²) in [5, 5.41) is 7.19. The van der Waals surface area contributed by atoms with Crippen molar-refractivity contribution in [1.29, 1.82) is 0 Å². The van der Waals surface area contributed by atoms with Crippen LogP contribution in [-0.2, 0) is 0 Å². The van der Waals surface area contributed by atoms with E-state index in [0.717, 1.165) is 4.90 Å². The van der Waals surface area contributed by atoms with Gasteiger partial charge in [0, 0.05) is 6.42 Å². The fourth-order valence-corrected chi connectivity index (χ4v) is 2.78. The first-order valence-electron chi connectivity index (χ1n) is 5.94. The zero-order valence-electron chi connectivity index (χ0n) is 10.1. The third-order valence-corrected chi connectivity index (χ3v) is 3.71. The minimum Gasteiger partial charge on any atom is -0.340 e. The van der Waals surface area contributed by atoms with Gasteiger partial charge in [0.1, 0.15) is 0 Å². The Morgan fingerprint density at radius 1 is 1.40 bits per heavy atom. The summed E-state index contributed by atoms with van der Waals surface area (Å²) in [6.45, 7) is -0.785. The second kappa shape index (κ2) is 4.51. The number of aromatic amines is 1. The van der Waals surface area contributed by atoms with Crippen LogP contribution in [0, 0.1) is 0 Å². The lowest BCUT2D eigenvalue weighted by Crippen LogP contribution is -2.35. The summed E-state index contributed by atoms with van der Waals surface area (Å²) >= 11 is 6.02. The molecule has 108 valence electrons. The number of nitrogens with zero attached hydrogens (tertiary/aromatic N) is 2. The molecule has 0 saturated carbocycles. The zero-order valence-corrected chi connectivity index (χ0v) is 10.8. The molecule has 2 heterocycles. The molecule has 0 aliphatic carbocycles. The molecular weight excluding hydrogens is 298 g/mol. The molecule has 1 aliphatic heterocycles. The summed E-state index contributed by atoms with van der Waals surface area (Å²) in [6, 6.07) is 3.32. The molecule has 1 aromatic carbocycles. The van der Waals surface area contributed by atoms with E-state index >= 15 is 0 Å². The SMILES string of the molecule is FC(F)[C@@H]1CC(F)(F)CN1c1n[nH]c2cccc(Cl)c12. The fraction of sp³-hybridized carbons (Fsp3) is 0.417. The number of nitrogens with one attached hydrogen (secondary N) is 1. The minimum atomic E-state index is -3.16. The molecule has 1 aromatic heterocycles. The maximum absolute atomic E-state index is 13.5. The Labute approximate surface area is 116 Å². The molecule has 1 saturated heterocycles. The van der Waals surface area contributed by atoms with Gasteiger partial charge in [-0.25, -0.2) is 17.6 Å². The van der Waals surface area contributed by atoms with Crippen molar-refractivity contribution in [2.24, 2.45) is 0 Å². The van der Waals surface area contributed by atoms with Crippen molar-refractivity contribution in [3.63, 3.8) is 0 Å². The molecule has 1 aliphatic rings. The Morgan fingerprint density at radius 2 is 2.15 bits per heavy atom. The normalized spacial score (nSPS) is 22.1. The molecule has 1 atom stereocenters. The van der Waals surface area contributed by atoms with Crippen LogP contribution in [0.5, 0.6) is 0 Å². The lowest BCUT2D eigenvalue weighted by atomic mass is 10.2. The smallest absolute Gasteiger partial charge is 0.267 e. The molecule has 0 bridgehead atoms. The summed E-state index contributed by atoms with van der Waals surface area (Å²) in [6.07, 6.45) is -3.76. The average Bonchev–Trinajstić information content (AvgIpc) is 2.90. The number of aromatic nitrogens is 2. The molecular formula is C12H10ClF4N3. The van der Waals surface area contributed by atoms with Crippen LogP contribution in [0.4, 0.5) is 23.4 Å². The summed E-state index contributed by atoms with van der Waals surface area (Å²) in [5.74, 6) is -3.11. The highest BCUT2D eigenvalue weighted by Crippen LogP contribution is 2.41. The van der Waals surface area contributed by atoms with E-state index in [0.29, 0.717) is 10.9 Å². The molecule has 0 spiro atoms. The van der Waals surface area contributed by atoms with Crippen LogP contribution in [-0.4, -0.2) is 35.1 Å². The number of alkyl halides is 4. The Kier molecular flexibility index (Phi) is 3.04. The first-order valence-corrected chi connectivity index (χ1v) is 6.32. The number of fused-ring (bicyclic) bond motifs is 1. The lowest BCUT2D eigenvalue weighted by Gasteiger charge is -2.23. The van der Waals surface area contributed by atoms with Crippen LogP contribution in [0.2, 0.25) is 5.02 Å². The number of halogens is 5. The molecule has 0 unspecified atom stereocenters. The largest absolute Gasteiger partial charge is 0.340 e. The van der Waals surface area contributed by atoms with E-state index in [9.17, 15) is 17.6 Å². The van der Waals surface area contributed by atoms with E-state index in [2.05, 4.69) is 10.2 Å². The summed E-state index contributed by atoms with van der Waals surface area (Å²) < 4.78 is 52.9. The Bertz CT molecular complexity index is 643. The number of benzene rings is 1. The second-order valence-electron chi connectivity index (χ2n) is 4.80. The van der Waals surface area contributed by atoms with Gasteiger partial charge in [-0.1, -0.05) is 17.7 Å². The molecule has 20 heavy (non-hydrogen) atoms. The van der Waals surface area contributed by atoms with Gasteiger partial charge in [-0.2, -0.15) is 5.10 Å². The lowest BCUT2D eigenvalue weighted by molar-refractivity contribution is 0.0111. The molecule has 8 heteroatoms. The predicted molar refractivity (Wildman–Crippen MR) is 67.8 cm³/mol. The van der Waals surface area contributed by atoms with Gasteiger partial charge in [-0.3, -0.25) is 5.10 Å². The minimum absolute atomic E-state index is 0.0491. The molecule has 0 radical (unpaired) electrons. The highest BCUT2D eigenvalue weighted by molar-refractivity contribution is 6.36. The maximum Gasteiger partial charge on any atom is 0.267 e. The highest BCUT2D eigenvalue weighted by Gasteiger charge is 2.49. The zero-order chi connectivity index (χ0) is 14.5. The van der Waals surface area contributed by atoms with Crippen LogP contribution in [0.1, 0.15) is 6.42 Å². The van der Waals surface area contributed by atoms with Gasteiger partial charge in [-0.05, 0) is 12.1 Å². The van der Waals surface area contributed by atoms with Gasteiger partial charge in [0.2, 0.25) is 0 Å². The topological polar surface area (TPSA) is 31.9 Å². The van der Waals surface area contributed by atoms with Crippen molar-refractivity contribution < 1.29 is 17.6 Å². The van der Waals surface area contributed by atoms with Gasteiger partial charge in [0.25, 0.3) is 12.3 Å². The third-order valence-electron chi connectivity index (χ3n) is 3.39. The summed E-state index contributed by atoms with van der Waals surface area (Å²) in [5.41, 5.74) is 0.524. The molecule has 1 N–H and O–H groups in total. The predicted octanol–water partition coefficient (Wildman–Crippen LogP) is 3.70. The quantitative estimate of drug-likeness (QED) is 0.858. The van der Waals surface area contributed by atoms with Gasteiger partial charge in [0.05, 0.1) is 28.5 Å². The van der Waals surface area contributed by atoms with Crippen LogP contribution in [0.25, 0.3) is 10.9 Å². The van der Waals surface area contributed by atoms with E-state index in [1.807, 2.05) is 0 Å². The van der Waals surface area contributed by atoms with E-state index in [4.69, 9.17) is 11.6 Å². The molecule has 1 fully saturated rings. The number of rotatable bonds is 2. The Hall–Kier alpha value is -1.50. The van der Waals surface area contributed by atoms with Crippen molar-refractivity contribution in [3.05, 3.63) is 23.2 Å². The average molecular weight is 308 g/mol. The van der Waals surface area contributed by atoms with Crippen LogP contribution in [0.15, 0.2) is 18.2 Å². The van der Waals surface area contributed by atoms with Gasteiger partial charge in [0.15, 0.2) is 5.82 Å². The van der Waals surface area contributed by atoms with E-state index in [1.54, 1.807) is 18.2 Å². The van der Waals surface area contributed by atoms with Crippen LogP contribution >= 0.6 is 11.6 Å². The first-order chi connectivity index (χ1) is 9.39. The van der Waals surface area contributed by atoms with Gasteiger partial charge < -0.3 is 4.90 Å². The molecule has 3 nitrogen and oxygen atoms in total. The fourth-order valence-electron chi connectivity index (χ4n) is 2.53. The maximum atomic E-state index is 13.5. The van der Waals surface area contributed by atoms with Crippen molar-refractivity contribution in [2.45, 2.75) is 24.8 Å². The second-order valence-corrected chi connectivity index (χ2v) is 5.21. The van der Waals surface area contributed by atoms with Crippen LogP contribution < -0.4 is 4.90 Å². The number of H-pyrrole nitrogens is 1. The van der Waals surface area contributed by atoms with Crippen LogP contribution in [0.3, 0.4) is 0 Å². The van der Waals surface area contributed by atoms with Crippen molar-refractivity contribution >= 4 is 28.3 Å². The number of hydrogen-bond acceptors (Lipinski definition) is 2. The van der Waals surface area contributed by atoms with E-state index in [-0.39, 0.29) is 10.8 Å². The summed E-state index contributed by atoms with van der Waals surface area (Å²) in [7, 11) is 0. The first kappa shape index (κ1) is 13.5. The van der Waals surface area contributed by atoms with Gasteiger partial charge in [-0.15, -0.1) is 0 Å². The molecule has 3 rings (SSSR count). The van der Waals surface area contributed by atoms with Crippen molar-refractivity contribution in [1.82, 2.24) is 10.2 Å². The molecule has 0 amide bonds. The number of hydrogen-bond donors (Lipinski definition) is 1. The Balaban J connectivity index is 2.10. The summed E-state index contributed by atoms with van der Waals surface area (Å²) in [4.78, 5) is 0.940. The highest BCUT2D eigenvalue weighted by atomic mass is 35.5. The third kappa shape index (κ3) is 2.09. The monoisotopic (exact) mass is 307 g/mol. The number of anilines is 1. The van der Waals surface area contributed by atoms with E-state index < -0.39 is 31.4 Å². The standard InChI is InChI=1S/C12H10ClF4N3/c13-6-2-1-3-7-9(6)11(19-18-7)20-5-12(16,17)4-8(20)10(14)15/h1-3,8,10H,4-5H2,(H,18,19)/t8-/m0/s1. The van der Waals surface area contributed by atoms with Gasteiger partial charge >= 0.3 is 0 Å². The molecule has 2 aromatic rings. The van der Waals surface area contributed by atoms with Crippen molar-refractivity contribution in [2.75, 3.05) is 11.4 Å². The van der Waals surface area contributed by atoms with E-state index in [1.165, 1.54) is 0 Å².